The van der Waals surface area contributed by atoms with E-state index in [4.69, 9.17) is 0 Å². The van der Waals surface area contributed by atoms with Crippen molar-refractivity contribution in [2.75, 3.05) is 7.05 Å². The maximum absolute atomic E-state index is 10.7. The molecule has 0 aliphatic rings. The quantitative estimate of drug-likeness (QED) is 0.502. The van der Waals surface area contributed by atoms with Gasteiger partial charge in [0.2, 0.25) is 5.91 Å². The third kappa shape index (κ3) is 4.42. The topological polar surface area (TPSA) is 20.3 Å². The summed E-state index contributed by atoms with van der Waals surface area (Å²) in [4.78, 5) is 12.3. The maximum atomic E-state index is 10.7. The fourth-order valence-corrected chi connectivity index (χ4v) is 0.672. The lowest BCUT2D eigenvalue weighted by Crippen LogP contribution is -2.33. The highest BCUT2D eigenvalue weighted by Crippen LogP contribution is 2.20. The van der Waals surface area contributed by atoms with Gasteiger partial charge < -0.3 is 4.81 Å². The molecule has 1 amide bonds. The Kier molecular flexibility index (Phi) is 2.94. The van der Waals surface area contributed by atoms with E-state index >= 15 is 0 Å². The number of amides is 1. The van der Waals surface area contributed by atoms with Crippen LogP contribution in [0.3, 0.4) is 0 Å². The summed E-state index contributed by atoms with van der Waals surface area (Å²) in [5, 5.41) is 0.0837. The number of rotatable bonds is 1. The van der Waals surface area contributed by atoms with E-state index in [0.29, 0.717) is 0 Å². The van der Waals surface area contributed by atoms with Gasteiger partial charge >= 0.3 is 0 Å². The average molecular weight is 140 g/mol. The first-order chi connectivity index (χ1) is 4.33. The van der Waals surface area contributed by atoms with Crippen molar-refractivity contribution >= 4 is 13.3 Å². The van der Waals surface area contributed by atoms with Crippen molar-refractivity contribution in [2.24, 2.45) is 0 Å². The van der Waals surface area contributed by atoms with E-state index in [-0.39, 0.29) is 11.2 Å². The number of hydrogen-bond acceptors (Lipinski definition) is 1. The highest BCUT2D eigenvalue weighted by Gasteiger charge is 2.17. The van der Waals surface area contributed by atoms with Crippen LogP contribution in [-0.4, -0.2) is 25.2 Å². The number of carbonyl (C=O) groups excluding carboxylic acids is 1. The van der Waals surface area contributed by atoms with Gasteiger partial charge in [0, 0.05) is 6.92 Å². The van der Waals surface area contributed by atoms with E-state index in [1.54, 1.807) is 18.8 Å². The van der Waals surface area contributed by atoms with Crippen LogP contribution < -0.4 is 0 Å². The molecule has 0 atom stereocenters. The van der Waals surface area contributed by atoms with Crippen LogP contribution in [0.4, 0.5) is 0 Å². The zero-order chi connectivity index (χ0) is 8.36. The van der Waals surface area contributed by atoms with Gasteiger partial charge in [0.15, 0.2) is 0 Å². The fraction of sp³-hybridized carbons (Fsp3) is 0.857. The summed E-state index contributed by atoms with van der Waals surface area (Å²) in [7, 11) is 3.68. The lowest BCUT2D eigenvalue weighted by atomic mass is 9.63. The van der Waals surface area contributed by atoms with Crippen molar-refractivity contribution in [3.8, 4) is 0 Å². The Morgan fingerprint density at radius 1 is 1.40 bits per heavy atom. The van der Waals surface area contributed by atoms with Crippen molar-refractivity contribution in [1.29, 1.82) is 0 Å². The molecule has 0 N–H and O–H groups in total. The van der Waals surface area contributed by atoms with Gasteiger partial charge in [-0.25, -0.2) is 0 Å². The first kappa shape index (κ1) is 9.53. The first-order valence-electron chi connectivity index (χ1n) is 3.42. The normalized spacial score (nSPS) is 10.9. The van der Waals surface area contributed by atoms with Crippen LogP contribution in [0.15, 0.2) is 0 Å². The smallest absolute Gasteiger partial charge is 0.255 e. The molecule has 0 aliphatic carbocycles. The molecule has 0 aromatic heterocycles. The van der Waals surface area contributed by atoms with Crippen LogP contribution in [0.25, 0.3) is 0 Å². The van der Waals surface area contributed by atoms with Crippen LogP contribution in [0.2, 0.25) is 5.31 Å². The van der Waals surface area contributed by atoms with Crippen LogP contribution in [0, 0.1) is 0 Å². The van der Waals surface area contributed by atoms with Gasteiger partial charge in [0.05, 0.1) is 0 Å². The summed E-state index contributed by atoms with van der Waals surface area (Å²) in [5.74, 6) is 0.0786. The Morgan fingerprint density at radius 3 is 1.90 bits per heavy atom. The van der Waals surface area contributed by atoms with Crippen LogP contribution in [0.5, 0.6) is 0 Å². The lowest BCUT2D eigenvalue weighted by molar-refractivity contribution is -0.123. The largest absolute Gasteiger partial charge is 0.393 e. The minimum Gasteiger partial charge on any atom is -0.393 e. The van der Waals surface area contributed by atoms with Gasteiger partial charge in [-0.1, -0.05) is 20.8 Å². The molecule has 0 bridgehead atoms. The number of nitrogens with zero attached hydrogens (tertiary/aromatic N) is 1. The second-order valence-corrected chi connectivity index (χ2v) is 3.63. The van der Waals surface area contributed by atoms with E-state index in [1.165, 1.54) is 0 Å². The van der Waals surface area contributed by atoms with E-state index in [1.807, 2.05) is 7.41 Å². The molecule has 0 spiro atoms. The molecular formula is C7H15BNO. The van der Waals surface area contributed by atoms with Gasteiger partial charge in [-0.15, -0.1) is 0 Å². The fourth-order valence-electron chi connectivity index (χ4n) is 0.672. The van der Waals surface area contributed by atoms with Gasteiger partial charge in [-0.05, 0) is 12.4 Å². The van der Waals surface area contributed by atoms with Gasteiger partial charge in [-0.2, -0.15) is 0 Å². The first-order valence-corrected chi connectivity index (χ1v) is 3.42. The monoisotopic (exact) mass is 140 g/mol. The molecule has 10 heavy (non-hydrogen) atoms. The molecule has 0 aromatic carbocycles. The second kappa shape index (κ2) is 3.08. The lowest BCUT2D eigenvalue weighted by Gasteiger charge is -2.23. The van der Waals surface area contributed by atoms with E-state index in [2.05, 4.69) is 20.8 Å². The van der Waals surface area contributed by atoms with Crippen molar-refractivity contribution in [3.05, 3.63) is 0 Å². The minimum atomic E-state index is 0.0786. The van der Waals surface area contributed by atoms with E-state index < -0.39 is 0 Å². The van der Waals surface area contributed by atoms with Crippen LogP contribution in [-0.2, 0) is 4.79 Å². The van der Waals surface area contributed by atoms with E-state index in [9.17, 15) is 4.79 Å². The molecule has 0 aliphatic heterocycles. The van der Waals surface area contributed by atoms with Crippen LogP contribution >= 0.6 is 0 Å². The molecule has 1 radical (unpaired) electrons. The Bertz CT molecular complexity index is 128. The van der Waals surface area contributed by atoms with Gasteiger partial charge in [-0.3, -0.25) is 4.79 Å². The summed E-state index contributed by atoms with van der Waals surface area (Å²) in [6, 6.07) is 0. The average Bonchev–Trinajstić information content (AvgIpc) is 1.60. The van der Waals surface area contributed by atoms with Crippen molar-refractivity contribution in [3.63, 3.8) is 0 Å². The van der Waals surface area contributed by atoms with E-state index in [0.717, 1.165) is 0 Å². The highest BCUT2D eigenvalue weighted by molar-refractivity contribution is 6.40. The third-order valence-electron chi connectivity index (χ3n) is 1.08. The highest BCUT2D eigenvalue weighted by atomic mass is 16.2. The molecule has 2 nitrogen and oxygen atoms in total. The van der Waals surface area contributed by atoms with Crippen molar-refractivity contribution < 1.29 is 4.79 Å². The van der Waals surface area contributed by atoms with Gasteiger partial charge in [0.1, 0.15) is 0 Å². The molecule has 0 heterocycles. The minimum absolute atomic E-state index is 0.0786. The molecule has 3 heteroatoms. The summed E-state index contributed by atoms with van der Waals surface area (Å²) in [6.45, 7) is 7.74. The van der Waals surface area contributed by atoms with Crippen molar-refractivity contribution in [2.45, 2.75) is 33.0 Å². The SMILES string of the molecule is CC(=O)N(C)[B]C(C)(C)C. The second-order valence-electron chi connectivity index (χ2n) is 3.63. The summed E-state index contributed by atoms with van der Waals surface area (Å²) < 4.78 is 0. The third-order valence-corrected chi connectivity index (χ3v) is 1.08. The Hall–Kier alpha value is -0.465. The Balaban J connectivity index is 3.80. The summed E-state index contributed by atoms with van der Waals surface area (Å²) in [5.41, 5.74) is 0. The molecule has 0 saturated carbocycles. The Labute approximate surface area is 63.9 Å². The maximum Gasteiger partial charge on any atom is 0.255 e. The standard InChI is InChI=1S/C7H15BNO/c1-6(10)9(5)8-7(2,3)4/h1-5H3. The summed E-state index contributed by atoms with van der Waals surface area (Å²) in [6.07, 6.45) is 0. The number of hydrogen-bond donors (Lipinski definition) is 0. The molecule has 0 aromatic rings. The molecule has 0 fully saturated rings. The zero-order valence-corrected chi connectivity index (χ0v) is 7.43. The van der Waals surface area contributed by atoms with Gasteiger partial charge in [0.25, 0.3) is 7.41 Å². The molecule has 0 unspecified atom stereocenters. The molecule has 0 saturated heterocycles. The zero-order valence-electron chi connectivity index (χ0n) is 7.43. The molecule has 0 rings (SSSR count). The predicted molar refractivity (Wildman–Crippen MR) is 43.9 cm³/mol. The molecular weight excluding hydrogens is 125 g/mol. The van der Waals surface area contributed by atoms with Crippen LogP contribution in [0.1, 0.15) is 27.7 Å². The van der Waals surface area contributed by atoms with Crippen molar-refractivity contribution in [1.82, 2.24) is 4.81 Å². The molecule has 57 valence electrons. The summed E-state index contributed by atoms with van der Waals surface area (Å²) >= 11 is 0. The Morgan fingerprint density at radius 2 is 1.80 bits per heavy atom. The number of carbonyl (C=O) groups is 1. The predicted octanol–water partition coefficient (Wildman–Crippen LogP) is 1.30.